The molecule has 1 aromatic carbocycles. The van der Waals surface area contributed by atoms with E-state index in [0.29, 0.717) is 31.5 Å². The molecule has 114 valence electrons. The van der Waals surface area contributed by atoms with Crippen LogP contribution < -0.4 is 0 Å². The third kappa shape index (κ3) is 3.41. The number of aliphatic carboxylic acids is 1. The summed E-state index contributed by atoms with van der Waals surface area (Å²) in [7, 11) is 0. The second-order valence-corrected chi connectivity index (χ2v) is 7.54. The first kappa shape index (κ1) is 16.7. The van der Waals surface area contributed by atoms with Gasteiger partial charge in [-0.3, -0.25) is 9.59 Å². The lowest BCUT2D eigenvalue weighted by atomic mass is 9.83. The van der Waals surface area contributed by atoms with Gasteiger partial charge in [-0.2, -0.15) is 0 Å². The molecule has 1 fully saturated rings. The zero-order chi connectivity index (χ0) is 15.6. The fourth-order valence-electron chi connectivity index (χ4n) is 2.84. The van der Waals surface area contributed by atoms with Gasteiger partial charge in [0, 0.05) is 21.1 Å². The number of carbonyl (C=O) groups is 2. The summed E-state index contributed by atoms with van der Waals surface area (Å²) in [4.78, 5) is 25.9. The average molecular weight is 466 g/mol. The number of hydrogen-bond acceptors (Lipinski definition) is 2. The molecule has 0 bridgehead atoms. The van der Waals surface area contributed by atoms with E-state index in [2.05, 4.69) is 38.5 Å². The first-order valence-electron chi connectivity index (χ1n) is 6.87. The summed E-state index contributed by atoms with van der Waals surface area (Å²) in [6.45, 7) is 2.78. The first-order valence-corrected chi connectivity index (χ1v) is 8.74. The quantitative estimate of drug-likeness (QED) is 0.688. The van der Waals surface area contributed by atoms with Gasteiger partial charge in [-0.25, -0.2) is 0 Å². The number of carbonyl (C=O) groups excluding carboxylic acids is 1. The molecule has 0 saturated carbocycles. The van der Waals surface area contributed by atoms with E-state index < -0.39 is 11.4 Å². The highest BCUT2D eigenvalue weighted by atomic mass is 127. The summed E-state index contributed by atoms with van der Waals surface area (Å²) in [5.41, 5.74) is -0.182. The Balaban J connectivity index is 2.22. The molecule has 1 N–H and O–H groups in total. The highest BCUT2D eigenvalue weighted by Gasteiger charge is 2.45. The lowest BCUT2D eigenvalue weighted by molar-refractivity contribution is -0.148. The van der Waals surface area contributed by atoms with Crippen molar-refractivity contribution in [3.8, 4) is 0 Å². The Morgan fingerprint density at radius 1 is 1.48 bits per heavy atom. The standard InChI is InChI=1S/C15H17BrINO3/c1-2-5-15(14(20)21)6-7-18(9-15)13(19)11-8-10(17)3-4-12(11)16/h3-4,8H,2,5-7,9H2,1H3,(H,20,21). The van der Waals surface area contributed by atoms with Gasteiger partial charge in [-0.1, -0.05) is 13.3 Å². The van der Waals surface area contributed by atoms with E-state index in [1.807, 2.05) is 25.1 Å². The van der Waals surface area contributed by atoms with E-state index in [-0.39, 0.29) is 5.91 Å². The van der Waals surface area contributed by atoms with E-state index in [4.69, 9.17) is 0 Å². The molecule has 0 aliphatic carbocycles. The van der Waals surface area contributed by atoms with Crippen molar-refractivity contribution in [1.82, 2.24) is 4.90 Å². The minimum atomic E-state index is -0.790. The molecule has 1 saturated heterocycles. The van der Waals surface area contributed by atoms with Crippen LogP contribution in [0.3, 0.4) is 0 Å². The minimum absolute atomic E-state index is 0.0976. The molecule has 1 aromatic rings. The van der Waals surface area contributed by atoms with Crippen molar-refractivity contribution in [2.24, 2.45) is 5.41 Å². The van der Waals surface area contributed by atoms with Crippen molar-refractivity contribution in [1.29, 1.82) is 0 Å². The fraction of sp³-hybridized carbons (Fsp3) is 0.467. The Hall–Kier alpha value is -0.630. The number of benzene rings is 1. The monoisotopic (exact) mass is 465 g/mol. The number of amides is 1. The van der Waals surface area contributed by atoms with E-state index in [0.717, 1.165) is 14.5 Å². The normalized spacial score (nSPS) is 21.6. The van der Waals surface area contributed by atoms with Crippen LogP contribution in [0.4, 0.5) is 0 Å². The third-order valence-electron chi connectivity index (χ3n) is 3.98. The molecule has 1 unspecified atom stereocenters. The van der Waals surface area contributed by atoms with Crippen LogP contribution in [-0.4, -0.2) is 35.0 Å². The molecule has 0 radical (unpaired) electrons. The number of rotatable bonds is 4. The van der Waals surface area contributed by atoms with Crippen molar-refractivity contribution >= 4 is 50.4 Å². The summed E-state index contributed by atoms with van der Waals surface area (Å²) in [5.74, 6) is -0.888. The van der Waals surface area contributed by atoms with Crippen LogP contribution in [0.5, 0.6) is 0 Å². The second kappa shape index (κ2) is 6.64. The Labute approximate surface area is 146 Å². The van der Waals surface area contributed by atoms with E-state index in [1.165, 1.54) is 0 Å². The molecule has 4 nitrogen and oxygen atoms in total. The van der Waals surface area contributed by atoms with Gasteiger partial charge in [0.2, 0.25) is 0 Å². The predicted molar refractivity (Wildman–Crippen MR) is 92.4 cm³/mol. The van der Waals surface area contributed by atoms with Crippen molar-refractivity contribution in [2.75, 3.05) is 13.1 Å². The Kier molecular flexibility index (Phi) is 5.29. The van der Waals surface area contributed by atoms with Crippen LogP contribution >= 0.6 is 38.5 Å². The molecule has 1 aliphatic rings. The lowest BCUT2D eigenvalue weighted by Gasteiger charge is -2.24. The van der Waals surface area contributed by atoms with Crippen molar-refractivity contribution in [2.45, 2.75) is 26.2 Å². The molecule has 0 spiro atoms. The third-order valence-corrected chi connectivity index (χ3v) is 5.34. The van der Waals surface area contributed by atoms with Gasteiger partial charge in [-0.15, -0.1) is 0 Å². The molecule has 1 atom stereocenters. The maximum atomic E-state index is 12.6. The maximum Gasteiger partial charge on any atom is 0.311 e. The van der Waals surface area contributed by atoms with E-state index in [9.17, 15) is 14.7 Å². The Bertz CT molecular complexity index is 578. The topological polar surface area (TPSA) is 57.6 Å². The number of nitrogens with zero attached hydrogens (tertiary/aromatic N) is 1. The molecule has 0 aromatic heterocycles. The molecule has 6 heteroatoms. The fourth-order valence-corrected chi connectivity index (χ4v) is 3.75. The number of carboxylic acids is 1. The smallest absolute Gasteiger partial charge is 0.311 e. The van der Waals surface area contributed by atoms with Gasteiger partial charge < -0.3 is 10.0 Å². The molecular weight excluding hydrogens is 449 g/mol. The summed E-state index contributed by atoms with van der Waals surface area (Å²) in [5, 5.41) is 9.52. The Morgan fingerprint density at radius 2 is 2.19 bits per heavy atom. The zero-order valence-electron chi connectivity index (χ0n) is 11.7. The van der Waals surface area contributed by atoms with Crippen LogP contribution in [-0.2, 0) is 4.79 Å². The summed E-state index contributed by atoms with van der Waals surface area (Å²) in [6, 6.07) is 5.60. The number of likely N-dealkylation sites (tertiary alicyclic amines) is 1. The van der Waals surface area contributed by atoms with Crippen LogP contribution in [0.15, 0.2) is 22.7 Å². The number of hydrogen-bond donors (Lipinski definition) is 1. The summed E-state index contributed by atoms with van der Waals surface area (Å²) in [6.07, 6.45) is 1.95. The van der Waals surface area contributed by atoms with Crippen LogP contribution in [0.1, 0.15) is 36.5 Å². The SMILES string of the molecule is CCCC1(C(=O)O)CCN(C(=O)c2cc(I)ccc2Br)C1. The molecule has 2 rings (SSSR count). The largest absolute Gasteiger partial charge is 0.481 e. The van der Waals surface area contributed by atoms with E-state index in [1.54, 1.807) is 4.90 Å². The van der Waals surface area contributed by atoms with Gasteiger partial charge in [0.15, 0.2) is 0 Å². The number of carboxylic acid groups (broad SMARTS) is 1. The summed E-state index contributed by atoms with van der Waals surface area (Å²) < 4.78 is 1.73. The van der Waals surface area contributed by atoms with Crippen LogP contribution in [0, 0.1) is 8.99 Å². The molecule has 21 heavy (non-hydrogen) atoms. The van der Waals surface area contributed by atoms with Gasteiger partial charge in [0.05, 0.1) is 11.0 Å². The van der Waals surface area contributed by atoms with Crippen molar-refractivity contribution < 1.29 is 14.7 Å². The number of halogens is 2. The highest BCUT2D eigenvalue weighted by molar-refractivity contribution is 14.1. The van der Waals surface area contributed by atoms with Gasteiger partial charge >= 0.3 is 5.97 Å². The van der Waals surface area contributed by atoms with Gasteiger partial charge in [0.25, 0.3) is 5.91 Å². The maximum absolute atomic E-state index is 12.6. The minimum Gasteiger partial charge on any atom is -0.481 e. The highest BCUT2D eigenvalue weighted by Crippen LogP contribution is 2.36. The Morgan fingerprint density at radius 3 is 2.81 bits per heavy atom. The second-order valence-electron chi connectivity index (χ2n) is 5.44. The predicted octanol–water partition coefficient (Wildman–Crippen LogP) is 3.77. The molecule has 1 amide bonds. The van der Waals surface area contributed by atoms with Crippen molar-refractivity contribution in [3.63, 3.8) is 0 Å². The molecule has 1 aliphatic heterocycles. The lowest BCUT2D eigenvalue weighted by Crippen LogP contribution is -2.37. The average Bonchev–Trinajstić information content (AvgIpc) is 2.87. The zero-order valence-corrected chi connectivity index (χ0v) is 15.5. The van der Waals surface area contributed by atoms with Crippen LogP contribution in [0.25, 0.3) is 0 Å². The first-order chi connectivity index (χ1) is 9.89. The van der Waals surface area contributed by atoms with Gasteiger partial charge in [0.1, 0.15) is 0 Å². The molecular formula is C15H17BrINO3. The summed E-state index contributed by atoms with van der Waals surface area (Å²) >= 11 is 5.56. The van der Waals surface area contributed by atoms with E-state index >= 15 is 0 Å². The van der Waals surface area contributed by atoms with Crippen molar-refractivity contribution in [3.05, 3.63) is 31.8 Å². The molecule has 1 heterocycles. The van der Waals surface area contributed by atoms with Gasteiger partial charge in [-0.05, 0) is 69.6 Å². The van der Waals surface area contributed by atoms with Crippen LogP contribution in [0.2, 0.25) is 0 Å².